The highest BCUT2D eigenvalue weighted by Gasteiger charge is 2.06. The molecule has 0 aliphatic carbocycles. The van der Waals surface area contributed by atoms with Gasteiger partial charge in [0.25, 0.3) is 0 Å². The molecule has 0 unspecified atom stereocenters. The van der Waals surface area contributed by atoms with Crippen LogP contribution in [0.25, 0.3) is 0 Å². The maximum Gasteiger partial charge on any atom is 0.178 e. The second-order valence-corrected chi connectivity index (χ2v) is 3.68. The molecule has 5 nitrogen and oxygen atoms in total. The lowest BCUT2D eigenvalue weighted by Gasteiger charge is -1.93. The summed E-state index contributed by atoms with van der Waals surface area (Å²) in [6.07, 6.45) is 3.22. The van der Waals surface area contributed by atoms with E-state index < -0.39 is 0 Å². The van der Waals surface area contributed by atoms with Crippen molar-refractivity contribution in [3.8, 4) is 0 Å². The van der Waals surface area contributed by atoms with Crippen molar-refractivity contribution in [2.45, 2.75) is 13.5 Å². The van der Waals surface area contributed by atoms with E-state index in [4.69, 9.17) is 0 Å². The Kier molecular flexibility index (Phi) is 2.36. The second kappa shape index (κ2) is 3.67. The number of carbonyl (C=O) groups is 1. The molecule has 72 valence electrons. The molecule has 0 bridgehead atoms. The van der Waals surface area contributed by atoms with Crippen LogP contribution in [0.3, 0.4) is 0 Å². The summed E-state index contributed by atoms with van der Waals surface area (Å²) in [5.41, 5.74) is 0.511. The molecule has 0 atom stereocenters. The normalized spacial score (nSPS) is 10.4. The van der Waals surface area contributed by atoms with Crippen molar-refractivity contribution in [2.24, 2.45) is 0 Å². The quantitative estimate of drug-likeness (QED) is 0.705. The average Bonchev–Trinajstić information content (AvgIpc) is 2.75. The second-order valence-electron chi connectivity index (χ2n) is 2.74. The number of aromatic nitrogens is 4. The van der Waals surface area contributed by atoms with Crippen molar-refractivity contribution in [1.29, 1.82) is 0 Å². The third-order valence-electron chi connectivity index (χ3n) is 1.66. The first-order valence-electron chi connectivity index (χ1n) is 4.05. The highest BCUT2D eigenvalue weighted by atomic mass is 32.1. The first-order chi connectivity index (χ1) is 6.75. The minimum Gasteiger partial charge on any atom is -0.293 e. The number of hydrogen-bond acceptors (Lipinski definition) is 5. The molecule has 0 fully saturated rings. The molecule has 0 saturated carbocycles. The van der Waals surface area contributed by atoms with Gasteiger partial charge in [-0.3, -0.25) is 4.79 Å². The van der Waals surface area contributed by atoms with Gasteiger partial charge in [-0.2, -0.15) is 15.0 Å². The zero-order valence-corrected chi connectivity index (χ0v) is 8.36. The molecular formula is C8H8N4OS. The van der Waals surface area contributed by atoms with E-state index >= 15 is 0 Å². The monoisotopic (exact) mass is 208 g/mol. The smallest absolute Gasteiger partial charge is 0.178 e. The minimum atomic E-state index is -0.0130. The Hall–Kier alpha value is -1.56. The zero-order chi connectivity index (χ0) is 9.97. The molecule has 0 spiro atoms. The van der Waals surface area contributed by atoms with Gasteiger partial charge in [0.1, 0.15) is 17.2 Å². The van der Waals surface area contributed by atoms with Crippen molar-refractivity contribution >= 4 is 17.1 Å². The molecule has 2 heterocycles. The molecule has 2 aromatic rings. The number of thiazole rings is 1. The van der Waals surface area contributed by atoms with Gasteiger partial charge in [0, 0.05) is 12.3 Å². The van der Waals surface area contributed by atoms with Gasteiger partial charge in [-0.05, 0) is 0 Å². The summed E-state index contributed by atoms with van der Waals surface area (Å²) >= 11 is 1.44. The zero-order valence-electron chi connectivity index (χ0n) is 7.54. The molecule has 0 aliphatic rings. The van der Waals surface area contributed by atoms with Crippen LogP contribution in [0.1, 0.15) is 22.4 Å². The van der Waals surface area contributed by atoms with E-state index in [0.29, 0.717) is 12.2 Å². The third kappa shape index (κ3) is 1.85. The summed E-state index contributed by atoms with van der Waals surface area (Å²) < 4.78 is 0. The number of ketones is 1. The summed E-state index contributed by atoms with van der Waals surface area (Å²) in [5.74, 6) is -0.0130. The van der Waals surface area contributed by atoms with Crippen LogP contribution in [0.5, 0.6) is 0 Å². The number of carbonyl (C=O) groups excluding carboxylic acids is 1. The molecule has 0 aliphatic heterocycles. The van der Waals surface area contributed by atoms with E-state index in [9.17, 15) is 4.79 Å². The van der Waals surface area contributed by atoms with E-state index in [1.807, 2.05) is 0 Å². The molecule has 2 aromatic heterocycles. The fraction of sp³-hybridized carbons (Fsp3) is 0.250. The molecule has 0 N–H and O–H groups in total. The van der Waals surface area contributed by atoms with Crippen LogP contribution in [-0.4, -0.2) is 25.8 Å². The SMILES string of the molecule is CC(=O)c1csc(Cn2nccn2)n1. The van der Waals surface area contributed by atoms with Crippen LogP contribution in [0.15, 0.2) is 17.8 Å². The Morgan fingerprint density at radius 3 is 2.79 bits per heavy atom. The van der Waals surface area contributed by atoms with Gasteiger partial charge < -0.3 is 0 Å². The van der Waals surface area contributed by atoms with E-state index in [1.165, 1.54) is 23.1 Å². The van der Waals surface area contributed by atoms with Crippen LogP contribution in [0.4, 0.5) is 0 Å². The standard InChI is InChI=1S/C8H8N4OS/c1-6(13)7-5-14-8(11-7)4-12-9-2-3-10-12/h2-3,5H,4H2,1H3. The first-order valence-corrected chi connectivity index (χ1v) is 4.93. The molecule has 2 rings (SSSR count). The molecular weight excluding hydrogens is 200 g/mol. The Morgan fingerprint density at radius 1 is 1.50 bits per heavy atom. The van der Waals surface area contributed by atoms with E-state index in [2.05, 4.69) is 15.2 Å². The van der Waals surface area contributed by atoms with Crippen molar-refractivity contribution in [1.82, 2.24) is 20.0 Å². The van der Waals surface area contributed by atoms with Crippen molar-refractivity contribution in [3.05, 3.63) is 28.5 Å². The van der Waals surface area contributed by atoms with Gasteiger partial charge in [-0.25, -0.2) is 4.98 Å². The van der Waals surface area contributed by atoms with Crippen LogP contribution in [0.2, 0.25) is 0 Å². The predicted molar refractivity (Wildman–Crippen MR) is 51.2 cm³/mol. The van der Waals surface area contributed by atoms with Crippen molar-refractivity contribution in [2.75, 3.05) is 0 Å². The van der Waals surface area contributed by atoms with E-state index in [1.54, 1.807) is 17.8 Å². The number of nitrogens with zero attached hydrogens (tertiary/aromatic N) is 4. The number of hydrogen-bond donors (Lipinski definition) is 0. The lowest BCUT2D eigenvalue weighted by Crippen LogP contribution is -2.03. The maximum atomic E-state index is 11.0. The molecule has 0 aromatic carbocycles. The summed E-state index contributed by atoms with van der Waals surface area (Å²) in [4.78, 5) is 16.7. The van der Waals surface area contributed by atoms with Gasteiger partial charge in [0.15, 0.2) is 5.78 Å². The Balaban J connectivity index is 2.14. The summed E-state index contributed by atoms with van der Waals surface area (Å²) in [6, 6.07) is 0. The van der Waals surface area contributed by atoms with Crippen LogP contribution in [-0.2, 0) is 6.54 Å². The fourth-order valence-electron chi connectivity index (χ4n) is 0.991. The Bertz CT molecular complexity index is 434. The lowest BCUT2D eigenvalue weighted by atomic mass is 10.4. The van der Waals surface area contributed by atoms with Gasteiger partial charge in [0.2, 0.25) is 0 Å². The fourth-order valence-corrected chi connectivity index (χ4v) is 1.80. The van der Waals surface area contributed by atoms with Crippen molar-refractivity contribution < 1.29 is 4.79 Å². The van der Waals surface area contributed by atoms with Crippen molar-refractivity contribution in [3.63, 3.8) is 0 Å². The molecule has 14 heavy (non-hydrogen) atoms. The number of rotatable bonds is 3. The highest BCUT2D eigenvalue weighted by molar-refractivity contribution is 7.09. The van der Waals surface area contributed by atoms with Gasteiger partial charge in [0.05, 0.1) is 12.4 Å². The predicted octanol–water partition coefficient (Wildman–Crippen LogP) is 0.986. The Labute approximate surface area is 84.4 Å². The lowest BCUT2D eigenvalue weighted by molar-refractivity contribution is 0.101. The Morgan fingerprint density at radius 2 is 2.21 bits per heavy atom. The highest BCUT2D eigenvalue weighted by Crippen LogP contribution is 2.10. The average molecular weight is 208 g/mol. The van der Waals surface area contributed by atoms with E-state index in [-0.39, 0.29) is 5.78 Å². The van der Waals surface area contributed by atoms with Crippen LogP contribution >= 0.6 is 11.3 Å². The first kappa shape index (κ1) is 9.01. The van der Waals surface area contributed by atoms with Gasteiger partial charge in [-0.1, -0.05) is 0 Å². The van der Waals surface area contributed by atoms with Gasteiger partial charge >= 0.3 is 0 Å². The van der Waals surface area contributed by atoms with E-state index in [0.717, 1.165) is 5.01 Å². The topological polar surface area (TPSA) is 60.7 Å². The summed E-state index contributed by atoms with van der Waals surface area (Å²) in [5, 5.41) is 10.5. The van der Waals surface area contributed by atoms with Crippen LogP contribution in [0, 0.1) is 0 Å². The number of Topliss-reactive ketones (excluding diaryl/α,β-unsaturated/α-hetero) is 1. The minimum absolute atomic E-state index is 0.0130. The molecule has 0 saturated heterocycles. The molecule has 6 heteroatoms. The summed E-state index contributed by atoms with van der Waals surface area (Å²) in [7, 11) is 0. The van der Waals surface area contributed by atoms with Crippen LogP contribution < -0.4 is 0 Å². The summed E-state index contributed by atoms with van der Waals surface area (Å²) in [6.45, 7) is 2.02. The van der Waals surface area contributed by atoms with Gasteiger partial charge in [-0.15, -0.1) is 11.3 Å². The third-order valence-corrected chi connectivity index (χ3v) is 2.49. The molecule has 0 radical (unpaired) electrons. The largest absolute Gasteiger partial charge is 0.293 e. The maximum absolute atomic E-state index is 11.0. The molecule has 0 amide bonds.